The molecule has 3 heterocycles. The van der Waals surface area contributed by atoms with Gasteiger partial charge in [-0.25, -0.2) is 4.79 Å². The number of unbranched alkanes of at least 4 members (excludes halogenated alkanes) is 2. The van der Waals surface area contributed by atoms with Crippen LogP contribution in [0.1, 0.15) is 139 Å². The number of carbonyl (C=O) groups is 15. The number of aromatic nitrogens is 3. The lowest BCUT2D eigenvalue weighted by atomic mass is 10.00. The number of carbonyl (C=O) groups excluding carboxylic acids is 15. The first-order valence-electron chi connectivity index (χ1n) is 41.3. The summed E-state index contributed by atoms with van der Waals surface area (Å²) in [4.78, 5) is 216. The predicted octanol–water partition coefficient (Wildman–Crippen LogP) is -2.83. The largest absolute Gasteiger partial charge is 0.464 e. The van der Waals surface area contributed by atoms with E-state index < -0.39 is 168 Å². The zero-order valence-electron chi connectivity index (χ0n) is 70.7. The van der Waals surface area contributed by atoms with E-state index in [1.807, 2.05) is 18.2 Å². The number of nitrogens with zero attached hydrogens (tertiary/aromatic N) is 4. The average molecular weight is 1750 g/mol. The number of amides is 14. The fourth-order valence-electron chi connectivity index (χ4n) is 13.1. The summed E-state index contributed by atoms with van der Waals surface area (Å²) in [5.74, 6) is -11.9. The Hall–Kier alpha value is -11.9. The molecule has 1 aliphatic rings. The number of aliphatic hydroxyl groups is 2. The van der Waals surface area contributed by atoms with E-state index in [0.29, 0.717) is 56.1 Å². The highest BCUT2D eigenvalue weighted by molar-refractivity contribution is 7.99. The molecule has 676 valence electrons. The van der Waals surface area contributed by atoms with Crippen LogP contribution in [0.5, 0.6) is 0 Å². The summed E-state index contributed by atoms with van der Waals surface area (Å²) in [5, 5.41) is 60.8. The van der Waals surface area contributed by atoms with Crippen molar-refractivity contribution in [2.24, 2.45) is 34.6 Å². The Morgan fingerprint density at radius 3 is 1.82 bits per heavy atom. The summed E-state index contributed by atoms with van der Waals surface area (Å²) in [7, 11) is 1.53. The van der Waals surface area contributed by atoms with E-state index >= 15 is 0 Å². The van der Waals surface area contributed by atoms with Crippen LogP contribution < -0.4 is 97.8 Å². The minimum Gasteiger partial charge on any atom is -0.464 e. The summed E-state index contributed by atoms with van der Waals surface area (Å²) < 4.78 is 6.44. The molecule has 41 heteroatoms. The third-order valence-electron chi connectivity index (χ3n) is 19.7. The van der Waals surface area contributed by atoms with Crippen LogP contribution in [-0.4, -0.2) is 264 Å². The molecular weight excluding hydrogens is 1630 g/mol. The third kappa shape index (κ3) is 32.8. The number of nitrogens with two attached hydrogens (primary N) is 5. The van der Waals surface area contributed by atoms with Gasteiger partial charge < -0.3 is 118 Å². The Balaban J connectivity index is 1.12. The van der Waals surface area contributed by atoms with Crippen molar-refractivity contribution in [2.75, 3.05) is 72.6 Å². The van der Waals surface area contributed by atoms with Gasteiger partial charge >= 0.3 is 12.0 Å². The van der Waals surface area contributed by atoms with Gasteiger partial charge in [-0.15, -0.1) is 0 Å². The van der Waals surface area contributed by atoms with Crippen molar-refractivity contribution in [3.63, 3.8) is 0 Å². The van der Waals surface area contributed by atoms with Crippen LogP contribution in [0, 0.1) is 5.92 Å². The van der Waals surface area contributed by atoms with E-state index in [0.717, 1.165) is 6.92 Å². The van der Waals surface area contributed by atoms with E-state index in [4.69, 9.17) is 38.5 Å². The molecule has 25 N–H and O–H groups in total. The first-order valence-corrected chi connectivity index (χ1v) is 42.2. The second kappa shape index (κ2) is 52.6. The van der Waals surface area contributed by atoms with Crippen LogP contribution in [0.4, 0.5) is 4.79 Å². The maximum Gasteiger partial charge on any atom is 0.345 e. The second-order valence-electron chi connectivity index (χ2n) is 30.0. The molecule has 0 unspecified atom stereocenters. The number of ether oxygens (including phenoxy) is 1. The predicted molar refractivity (Wildman–Crippen MR) is 460 cm³/mol. The lowest BCUT2D eigenvalue weighted by Crippen LogP contribution is -2.62. The summed E-state index contributed by atoms with van der Waals surface area (Å²) in [6, 6.07) is 10.2. The number of nitrogens with one attached hydrogen (secondary N) is 13. The molecule has 1 saturated heterocycles. The summed E-state index contributed by atoms with van der Waals surface area (Å²) in [5.41, 5.74) is 32.1. The van der Waals surface area contributed by atoms with Crippen molar-refractivity contribution in [1.29, 1.82) is 0 Å². The quantitative estimate of drug-likeness (QED) is 0.0139. The van der Waals surface area contributed by atoms with Crippen LogP contribution in [0.25, 0.3) is 23.1 Å². The Morgan fingerprint density at radius 1 is 0.621 bits per heavy atom. The smallest absolute Gasteiger partial charge is 0.345 e. The molecule has 40 nitrogen and oxygen atoms in total. The summed E-state index contributed by atoms with van der Waals surface area (Å²) in [6.45, 7) is 5.35. The molecule has 3 aromatic carbocycles. The lowest BCUT2D eigenvalue weighted by molar-refractivity contribution is -0.141. The Bertz CT molecular complexity index is 4460. The van der Waals surface area contributed by atoms with E-state index in [1.165, 1.54) is 42.2 Å². The fourth-order valence-corrected chi connectivity index (χ4v) is 14.1. The van der Waals surface area contributed by atoms with Crippen LogP contribution in [0.2, 0.25) is 0 Å². The minimum absolute atomic E-state index is 0.0152. The van der Waals surface area contributed by atoms with Gasteiger partial charge in [-0.3, -0.25) is 72.1 Å². The molecular formula is C83H120N22O18S. The van der Waals surface area contributed by atoms with Crippen molar-refractivity contribution < 1.29 is 86.9 Å². The van der Waals surface area contributed by atoms with E-state index in [-0.39, 0.29) is 135 Å². The topological polar surface area (TPSA) is 626 Å². The molecule has 124 heavy (non-hydrogen) atoms. The van der Waals surface area contributed by atoms with Gasteiger partial charge in [0.25, 0.3) is 5.91 Å². The third-order valence-corrected chi connectivity index (χ3v) is 20.8. The SMILES string of the molecule is CNC(=O)c1ccccc1Sc1ccc2c(/C=C/c3ccccn3)nn(C(=O)N(CCOC(C)=O)CCC(=O)NCCCCCC(=O)N[C@@H](CCN)C(=O)N[C@H](C(=O)N[C@@H](CCN)C(=O)N[C@H]3CCNC(=O)[C@H]([C@@H](C)O)NC(=O)[C@H](CCN)NC(=O)[C@H](CCN)NC(=O)[C@H](CC(C)C)NC(=O)[C@@H](Cc4ccccc4)NC(=O)[C@H](CCN)NC3=O)[C@@H](C)O)c2c1. The number of fused-ring (bicyclic) bond motifs is 1. The van der Waals surface area contributed by atoms with E-state index in [1.54, 1.807) is 105 Å². The molecule has 0 spiro atoms. The maximum absolute atomic E-state index is 14.7. The minimum atomic E-state index is -1.82. The standard InChI is InChI=1S/C83H120N22O18S/c1-48(2)45-64-79(118)96-59(28-35-85)73(112)95-62(31-38-88)78(117)101-70(49(3)106)81(120)92-41-32-63(76(115)94-60(29-36-86)75(114)100-65(80(119)99-64)46-52-17-9-7-10-18-52)97-74(113)61(30-37-87)98-82(121)71(50(4)107)102-77(116)58(27-34-84)93-69(110)22-11-8-15-40-91-68(109)33-42-104(43-44-123-51(5)108)83(122)105-66-47-54(124-67-21-13-12-20-56(67)72(111)89-6)24-25-55(66)57(103-105)26-23-53-19-14-16-39-90-53/h7,9-10,12-14,16-21,23-26,39,47-50,58-65,70-71,106-107H,8,11,15,22,27-38,40-46,84-88H2,1-6H3,(H,89,111)(H,91,109)(H,92,120)(H,93,110)(H,94,115)(H,95,112)(H,96,118)(H,97,113)(H,98,121)(H,99,119)(H,100,114)(H,101,117)(H,102,116)/b26-23+/t49-,50-,58+,59+,60+,61+,62+,63+,64+,65-,70+,71+/m1/s1. The first-order chi connectivity index (χ1) is 59.3. The first kappa shape index (κ1) is 101. The molecule has 14 amide bonds. The molecule has 2 aromatic heterocycles. The molecule has 5 aromatic rings. The van der Waals surface area contributed by atoms with E-state index in [9.17, 15) is 82.1 Å². The molecule has 0 bridgehead atoms. The van der Waals surface area contributed by atoms with Crippen LogP contribution >= 0.6 is 11.8 Å². The molecule has 1 fully saturated rings. The summed E-state index contributed by atoms with van der Waals surface area (Å²) >= 11 is 1.31. The van der Waals surface area contributed by atoms with Gasteiger partial charge in [-0.2, -0.15) is 9.78 Å². The van der Waals surface area contributed by atoms with Gasteiger partial charge in [0.2, 0.25) is 70.9 Å². The Morgan fingerprint density at radius 2 is 1.22 bits per heavy atom. The van der Waals surface area contributed by atoms with Crippen molar-refractivity contribution in [2.45, 2.75) is 201 Å². The fraction of sp³-hybridized carbons (Fsp3) is 0.506. The van der Waals surface area contributed by atoms with Crippen LogP contribution in [-0.2, 0) is 73.5 Å². The van der Waals surface area contributed by atoms with Gasteiger partial charge in [-0.05, 0) is 170 Å². The molecule has 0 radical (unpaired) electrons. The molecule has 12 atom stereocenters. The molecule has 6 rings (SSSR count). The van der Waals surface area contributed by atoms with Crippen molar-refractivity contribution in [3.8, 4) is 0 Å². The molecule has 0 aliphatic carbocycles. The van der Waals surface area contributed by atoms with E-state index in [2.05, 4.69) is 74.1 Å². The van der Waals surface area contributed by atoms with Gasteiger partial charge in [0.1, 0.15) is 67.0 Å². The number of benzene rings is 3. The monoisotopic (exact) mass is 1740 g/mol. The van der Waals surface area contributed by atoms with Gasteiger partial charge in [0.15, 0.2) is 0 Å². The van der Waals surface area contributed by atoms with Crippen LogP contribution in [0.15, 0.2) is 107 Å². The normalized spacial score (nSPS) is 19.0. The summed E-state index contributed by atoms with van der Waals surface area (Å²) in [6.07, 6.45) is 0.822. The number of hydrogen-bond acceptors (Lipinski definition) is 26. The Labute approximate surface area is 723 Å². The average Bonchev–Trinajstić information content (AvgIpc) is 1.62. The van der Waals surface area contributed by atoms with Gasteiger partial charge in [0, 0.05) is 74.2 Å². The zero-order chi connectivity index (χ0) is 91.0. The zero-order valence-corrected chi connectivity index (χ0v) is 71.5. The van der Waals surface area contributed by atoms with Crippen molar-refractivity contribution in [1.82, 2.24) is 88.8 Å². The van der Waals surface area contributed by atoms with Crippen LogP contribution in [0.3, 0.4) is 0 Å². The highest BCUT2D eigenvalue weighted by Crippen LogP contribution is 2.34. The number of pyridine rings is 1. The molecule has 0 saturated carbocycles. The number of rotatable bonds is 40. The van der Waals surface area contributed by atoms with Crippen molar-refractivity contribution >= 4 is 124 Å². The highest BCUT2D eigenvalue weighted by Gasteiger charge is 2.39. The number of esters is 1. The second-order valence-corrected chi connectivity index (χ2v) is 31.2. The van der Waals surface area contributed by atoms with Gasteiger partial charge in [-0.1, -0.05) is 80.6 Å². The molecule has 1 aliphatic heterocycles. The van der Waals surface area contributed by atoms with Crippen molar-refractivity contribution in [3.05, 3.63) is 120 Å². The number of aliphatic hydroxyl groups excluding tert-OH is 2. The highest BCUT2D eigenvalue weighted by atomic mass is 32.2. The number of hydrogen-bond donors (Lipinski definition) is 20. The van der Waals surface area contributed by atoms with Gasteiger partial charge in [0.05, 0.1) is 41.2 Å². The maximum atomic E-state index is 14.7. The lowest BCUT2D eigenvalue weighted by Gasteiger charge is -2.29. The Kier molecular flexibility index (Phi) is 42.8.